The van der Waals surface area contributed by atoms with E-state index in [1.165, 1.54) is 0 Å². The molecule has 0 spiro atoms. The zero-order valence-corrected chi connectivity index (χ0v) is 13.1. The lowest BCUT2D eigenvalue weighted by molar-refractivity contribution is 0.327. The van der Waals surface area contributed by atoms with Crippen LogP contribution in [-0.4, -0.2) is 45.2 Å². The topological polar surface area (TPSA) is 18.5 Å². The van der Waals surface area contributed by atoms with Crippen LogP contribution >= 0.6 is 0 Å². The highest BCUT2D eigenvalue weighted by Gasteiger charge is 2.10. The number of hydrogen-bond donors (Lipinski definition) is 1. The summed E-state index contributed by atoms with van der Waals surface area (Å²) in [6.07, 6.45) is 3.74. The van der Waals surface area contributed by atoms with Crippen LogP contribution in [0.2, 0.25) is 0 Å². The van der Waals surface area contributed by atoms with Crippen molar-refractivity contribution in [2.75, 3.05) is 45.2 Å². The van der Waals surface area contributed by atoms with Crippen molar-refractivity contribution in [1.82, 2.24) is 10.2 Å². The molecule has 1 N–H and O–H groups in total. The first kappa shape index (κ1) is 17.4. The number of hydrogen-bond acceptors (Lipinski definition) is 3. The maximum atomic E-state index is 14.0. The van der Waals surface area contributed by atoms with Gasteiger partial charge in [0.15, 0.2) is 0 Å². The Kier molecular flexibility index (Phi) is 7.72. The Balaban J connectivity index is 2.84. The van der Waals surface area contributed by atoms with Crippen molar-refractivity contribution < 1.29 is 4.39 Å². The summed E-state index contributed by atoms with van der Waals surface area (Å²) in [5.41, 5.74) is 1.73. The summed E-state index contributed by atoms with van der Waals surface area (Å²) in [6.45, 7) is 11.4. The highest BCUT2D eigenvalue weighted by molar-refractivity contribution is 5.49. The molecule has 1 aromatic rings. The van der Waals surface area contributed by atoms with Crippen LogP contribution in [0.25, 0.3) is 0 Å². The van der Waals surface area contributed by atoms with Gasteiger partial charge >= 0.3 is 0 Å². The van der Waals surface area contributed by atoms with E-state index >= 15 is 0 Å². The Morgan fingerprint density at radius 3 is 2.48 bits per heavy atom. The van der Waals surface area contributed by atoms with Gasteiger partial charge in [0.25, 0.3) is 0 Å². The van der Waals surface area contributed by atoms with Gasteiger partial charge < -0.3 is 10.2 Å². The van der Waals surface area contributed by atoms with E-state index < -0.39 is 0 Å². The Hall–Kier alpha value is -1.65. The molecular formula is C17H26FN3. The number of rotatable bonds is 10. The van der Waals surface area contributed by atoms with Crippen LogP contribution in [0, 0.1) is 5.82 Å². The van der Waals surface area contributed by atoms with Gasteiger partial charge in [-0.25, -0.2) is 4.39 Å². The van der Waals surface area contributed by atoms with Crippen LogP contribution in [0.5, 0.6) is 0 Å². The third-order valence-electron chi connectivity index (χ3n) is 3.30. The fourth-order valence-electron chi connectivity index (χ4n) is 2.18. The predicted octanol–water partition coefficient (Wildman–Crippen LogP) is 2.66. The smallest absolute Gasteiger partial charge is 0.146 e. The molecule has 0 aliphatic rings. The highest BCUT2D eigenvalue weighted by atomic mass is 19.1. The molecule has 0 aromatic heterocycles. The number of nitrogens with zero attached hydrogens (tertiary/aromatic N) is 2. The molecule has 0 bridgehead atoms. The van der Waals surface area contributed by atoms with Crippen LogP contribution in [0.3, 0.4) is 0 Å². The van der Waals surface area contributed by atoms with Crippen LogP contribution in [0.1, 0.15) is 5.56 Å². The van der Waals surface area contributed by atoms with E-state index in [2.05, 4.69) is 23.4 Å². The van der Waals surface area contributed by atoms with Crippen LogP contribution < -0.4 is 10.2 Å². The minimum atomic E-state index is -0.184. The SMILES string of the molecule is C=CCN(CC=C)Cc1ccc(F)c(N(C)CCNC)c1. The molecule has 0 fully saturated rings. The van der Waals surface area contributed by atoms with E-state index in [0.717, 1.165) is 38.3 Å². The summed E-state index contributed by atoms with van der Waals surface area (Å²) in [5, 5.41) is 3.07. The van der Waals surface area contributed by atoms with Gasteiger partial charge in [0.1, 0.15) is 5.82 Å². The third-order valence-corrected chi connectivity index (χ3v) is 3.30. The molecule has 0 aliphatic carbocycles. The number of benzene rings is 1. The number of halogens is 1. The largest absolute Gasteiger partial charge is 0.371 e. The van der Waals surface area contributed by atoms with E-state index in [1.54, 1.807) is 6.07 Å². The van der Waals surface area contributed by atoms with Crippen molar-refractivity contribution in [3.8, 4) is 0 Å². The first-order chi connectivity index (χ1) is 10.1. The summed E-state index contributed by atoms with van der Waals surface area (Å²) in [4.78, 5) is 4.13. The summed E-state index contributed by atoms with van der Waals surface area (Å²) in [5.74, 6) is -0.184. The quantitative estimate of drug-likeness (QED) is 0.669. The first-order valence-electron chi connectivity index (χ1n) is 7.20. The fraction of sp³-hybridized carbons (Fsp3) is 0.412. The maximum Gasteiger partial charge on any atom is 0.146 e. The minimum Gasteiger partial charge on any atom is -0.371 e. The zero-order valence-electron chi connectivity index (χ0n) is 13.1. The van der Waals surface area contributed by atoms with Gasteiger partial charge in [-0.2, -0.15) is 0 Å². The normalized spacial score (nSPS) is 10.7. The van der Waals surface area contributed by atoms with Crippen LogP contribution in [-0.2, 0) is 6.54 Å². The molecule has 0 aliphatic heterocycles. The van der Waals surface area contributed by atoms with E-state index in [4.69, 9.17) is 0 Å². The predicted molar refractivity (Wildman–Crippen MR) is 89.3 cm³/mol. The molecule has 0 radical (unpaired) electrons. The van der Waals surface area contributed by atoms with Crippen LogP contribution in [0.15, 0.2) is 43.5 Å². The number of anilines is 1. The molecule has 0 saturated carbocycles. The summed E-state index contributed by atoms with van der Waals surface area (Å²) >= 11 is 0. The van der Waals surface area contributed by atoms with Gasteiger partial charge in [0.2, 0.25) is 0 Å². The number of likely N-dealkylation sites (N-methyl/N-ethyl adjacent to an activating group) is 2. The Bertz CT molecular complexity index is 449. The highest BCUT2D eigenvalue weighted by Crippen LogP contribution is 2.20. The van der Waals surface area contributed by atoms with E-state index in [1.807, 2.05) is 43.3 Å². The Morgan fingerprint density at radius 1 is 1.24 bits per heavy atom. The number of nitrogens with one attached hydrogen (secondary N) is 1. The molecule has 0 unspecified atom stereocenters. The van der Waals surface area contributed by atoms with Crippen molar-refractivity contribution in [1.29, 1.82) is 0 Å². The lowest BCUT2D eigenvalue weighted by atomic mass is 10.1. The Labute approximate surface area is 127 Å². The van der Waals surface area contributed by atoms with Crippen LogP contribution in [0.4, 0.5) is 10.1 Å². The molecule has 4 heteroatoms. The molecule has 0 amide bonds. The average molecular weight is 291 g/mol. The molecule has 21 heavy (non-hydrogen) atoms. The maximum absolute atomic E-state index is 14.0. The van der Waals surface area contributed by atoms with Crippen molar-refractivity contribution in [3.63, 3.8) is 0 Å². The van der Waals surface area contributed by atoms with E-state index in [0.29, 0.717) is 5.69 Å². The average Bonchev–Trinajstić information content (AvgIpc) is 2.47. The second kappa shape index (κ2) is 9.32. The molecule has 1 rings (SSSR count). The standard InChI is InChI=1S/C17H26FN3/c1-5-10-21(11-6-2)14-15-7-8-16(18)17(13-15)20(4)12-9-19-3/h5-8,13,19H,1-2,9-12,14H2,3-4H3. The van der Waals surface area contributed by atoms with Gasteiger partial charge in [-0.3, -0.25) is 4.90 Å². The van der Waals surface area contributed by atoms with Crippen molar-refractivity contribution in [3.05, 3.63) is 54.9 Å². The van der Waals surface area contributed by atoms with Gasteiger partial charge in [-0.1, -0.05) is 18.2 Å². The summed E-state index contributed by atoms with van der Waals surface area (Å²) in [7, 11) is 3.80. The van der Waals surface area contributed by atoms with Gasteiger partial charge in [-0.15, -0.1) is 13.2 Å². The fourth-order valence-corrected chi connectivity index (χ4v) is 2.18. The van der Waals surface area contributed by atoms with Gasteiger partial charge in [0, 0.05) is 39.8 Å². The first-order valence-corrected chi connectivity index (χ1v) is 7.20. The van der Waals surface area contributed by atoms with Crippen molar-refractivity contribution in [2.24, 2.45) is 0 Å². The molecule has 1 aromatic carbocycles. The molecular weight excluding hydrogens is 265 g/mol. The summed E-state index contributed by atoms with van der Waals surface area (Å²) < 4.78 is 14.0. The second-order valence-electron chi connectivity index (χ2n) is 5.08. The lowest BCUT2D eigenvalue weighted by Gasteiger charge is -2.23. The van der Waals surface area contributed by atoms with Crippen molar-refractivity contribution in [2.45, 2.75) is 6.54 Å². The minimum absolute atomic E-state index is 0.184. The monoisotopic (exact) mass is 291 g/mol. The molecule has 116 valence electrons. The molecule has 3 nitrogen and oxygen atoms in total. The lowest BCUT2D eigenvalue weighted by Crippen LogP contribution is -2.28. The molecule has 0 heterocycles. The Morgan fingerprint density at radius 2 is 1.90 bits per heavy atom. The van der Waals surface area contributed by atoms with Gasteiger partial charge in [0.05, 0.1) is 5.69 Å². The third kappa shape index (κ3) is 5.69. The molecule has 0 saturated heterocycles. The van der Waals surface area contributed by atoms with E-state index in [9.17, 15) is 4.39 Å². The van der Waals surface area contributed by atoms with Crippen molar-refractivity contribution >= 4 is 5.69 Å². The summed E-state index contributed by atoms with van der Waals surface area (Å²) in [6, 6.07) is 5.30. The van der Waals surface area contributed by atoms with E-state index in [-0.39, 0.29) is 5.82 Å². The second-order valence-corrected chi connectivity index (χ2v) is 5.08. The van der Waals surface area contributed by atoms with Gasteiger partial charge in [-0.05, 0) is 24.7 Å². The zero-order chi connectivity index (χ0) is 15.7. The molecule has 0 atom stereocenters.